The number of imide groups is 1. The topological polar surface area (TPSA) is 108 Å². The Bertz CT molecular complexity index is 1120. The first kappa shape index (κ1) is 29.5. The van der Waals surface area contributed by atoms with Crippen LogP contribution in [0.3, 0.4) is 0 Å². The molecular formula is C28H37FN4O4. The third-order valence-corrected chi connectivity index (χ3v) is 5.31. The third kappa shape index (κ3) is 8.42. The van der Waals surface area contributed by atoms with Gasteiger partial charge in [-0.1, -0.05) is 52.0 Å². The number of halogens is 1. The zero-order valence-electron chi connectivity index (χ0n) is 22.1. The first-order valence-electron chi connectivity index (χ1n) is 12.5. The van der Waals surface area contributed by atoms with Crippen molar-refractivity contribution in [3.05, 3.63) is 71.9 Å². The summed E-state index contributed by atoms with van der Waals surface area (Å²) in [6.07, 6.45) is 2.11. The van der Waals surface area contributed by atoms with Crippen LogP contribution in [0.25, 0.3) is 11.3 Å². The highest BCUT2D eigenvalue weighted by molar-refractivity contribution is 6.02. The zero-order chi connectivity index (χ0) is 27.4. The Morgan fingerprint density at radius 1 is 1.14 bits per heavy atom. The number of aromatic amines is 1. The van der Waals surface area contributed by atoms with E-state index in [1.165, 1.54) is 17.2 Å². The van der Waals surface area contributed by atoms with Gasteiger partial charge in [-0.25, -0.2) is 14.2 Å². The van der Waals surface area contributed by atoms with E-state index in [0.29, 0.717) is 30.1 Å². The van der Waals surface area contributed by atoms with E-state index in [-0.39, 0.29) is 30.8 Å². The maximum absolute atomic E-state index is 14.2. The highest BCUT2D eigenvalue weighted by Crippen LogP contribution is 2.30. The number of urea groups is 1. The number of carbonyl (C=O) groups is 2. The fourth-order valence-electron chi connectivity index (χ4n) is 3.70. The second-order valence-corrected chi connectivity index (χ2v) is 8.62. The quantitative estimate of drug-likeness (QED) is 0.358. The lowest BCUT2D eigenvalue weighted by atomic mass is 10.0. The lowest BCUT2D eigenvalue weighted by Gasteiger charge is -2.25. The molecule has 1 unspecified atom stereocenters. The normalized spacial score (nSPS) is 13.4. The Morgan fingerprint density at radius 3 is 2.41 bits per heavy atom. The molecule has 1 aliphatic rings. The van der Waals surface area contributed by atoms with Crippen LogP contribution in [0.15, 0.2) is 54.7 Å². The van der Waals surface area contributed by atoms with Gasteiger partial charge in [-0.3, -0.25) is 9.69 Å². The van der Waals surface area contributed by atoms with E-state index in [0.717, 1.165) is 11.3 Å². The molecule has 37 heavy (non-hydrogen) atoms. The predicted octanol–water partition coefficient (Wildman–Crippen LogP) is 5.25. The van der Waals surface area contributed by atoms with Crippen molar-refractivity contribution in [2.45, 2.75) is 47.1 Å². The van der Waals surface area contributed by atoms with Crippen LogP contribution in [0.4, 0.5) is 9.18 Å². The Labute approximate surface area is 217 Å². The Morgan fingerprint density at radius 2 is 1.84 bits per heavy atom. The molecule has 4 rings (SSSR count). The van der Waals surface area contributed by atoms with Crippen molar-refractivity contribution in [3.8, 4) is 17.0 Å². The molecule has 0 bridgehead atoms. The number of hydrogen-bond acceptors (Lipinski definition) is 5. The van der Waals surface area contributed by atoms with Gasteiger partial charge in [0.1, 0.15) is 24.0 Å². The van der Waals surface area contributed by atoms with Crippen LogP contribution >= 0.6 is 0 Å². The summed E-state index contributed by atoms with van der Waals surface area (Å²) in [7, 11) is 0. The molecule has 3 aromatic rings. The molecule has 1 saturated heterocycles. The standard InChI is InChI=1S/C18H21FN4O2.C8H10O2.C2H6/c1-10(2)6-15(23-16(24)9-21-18(23)25)17-20-8-14(22-17)12-5-4-11(3)7-13(12)19;9-6-7-10-8-4-2-1-3-5-8;1-2/h4-5,7-8,10,15H,6,9H2,1-3H3,(H,20,22)(H,21,25);1-5,9H,6-7H2;1-2H3. The van der Waals surface area contributed by atoms with Gasteiger partial charge in [-0.2, -0.15) is 0 Å². The number of nitrogens with zero attached hydrogens (tertiary/aromatic N) is 2. The molecule has 3 amide bonds. The van der Waals surface area contributed by atoms with Gasteiger partial charge in [0.2, 0.25) is 0 Å². The number of aromatic nitrogens is 2. The fourth-order valence-corrected chi connectivity index (χ4v) is 3.70. The molecule has 200 valence electrons. The van der Waals surface area contributed by atoms with Crippen LogP contribution in [-0.2, 0) is 4.79 Å². The summed E-state index contributed by atoms with van der Waals surface area (Å²) in [6.45, 7) is 10.3. The molecule has 0 saturated carbocycles. The molecule has 1 aromatic heterocycles. The van der Waals surface area contributed by atoms with Crippen LogP contribution < -0.4 is 10.1 Å². The van der Waals surface area contributed by atoms with Gasteiger partial charge >= 0.3 is 6.03 Å². The smallest absolute Gasteiger partial charge is 0.325 e. The zero-order valence-corrected chi connectivity index (χ0v) is 22.1. The summed E-state index contributed by atoms with van der Waals surface area (Å²) < 4.78 is 19.3. The number of imidazole rings is 1. The molecule has 9 heteroatoms. The number of ether oxygens (including phenoxy) is 1. The van der Waals surface area contributed by atoms with Crippen LogP contribution in [-0.4, -0.2) is 51.7 Å². The molecule has 0 aliphatic carbocycles. The van der Waals surface area contributed by atoms with Crippen molar-refractivity contribution in [2.24, 2.45) is 5.92 Å². The molecule has 0 radical (unpaired) electrons. The number of hydrogen-bond donors (Lipinski definition) is 3. The number of aliphatic hydroxyl groups is 1. The second kappa shape index (κ2) is 14.7. The summed E-state index contributed by atoms with van der Waals surface area (Å²) in [5, 5.41) is 10.9. The maximum atomic E-state index is 14.2. The highest BCUT2D eigenvalue weighted by Gasteiger charge is 2.37. The second-order valence-electron chi connectivity index (χ2n) is 8.62. The van der Waals surface area contributed by atoms with Gasteiger partial charge in [0.25, 0.3) is 5.91 Å². The molecule has 8 nitrogen and oxygen atoms in total. The van der Waals surface area contributed by atoms with Gasteiger partial charge in [0.05, 0.1) is 31.1 Å². The summed E-state index contributed by atoms with van der Waals surface area (Å²) in [5.41, 5.74) is 1.76. The number of carbonyl (C=O) groups excluding carboxylic acids is 2. The van der Waals surface area contributed by atoms with Gasteiger partial charge in [-0.05, 0) is 49.1 Å². The van der Waals surface area contributed by atoms with Crippen LogP contribution in [0.1, 0.15) is 51.5 Å². The Kier molecular flexibility index (Phi) is 11.8. The lowest BCUT2D eigenvalue weighted by Crippen LogP contribution is -2.36. The largest absolute Gasteiger partial charge is 0.491 e. The minimum absolute atomic E-state index is 0.00636. The molecule has 1 aliphatic heterocycles. The summed E-state index contributed by atoms with van der Waals surface area (Å²) in [4.78, 5) is 32.7. The SMILES string of the molecule is CC.Cc1ccc(-c2cnc(C(CC(C)C)N3C(=O)CNC3=O)[nH]2)c(F)c1.OCCOc1ccccc1. The monoisotopic (exact) mass is 512 g/mol. The Balaban J connectivity index is 0.000000336. The number of benzene rings is 2. The van der Waals surface area contributed by atoms with E-state index < -0.39 is 12.1 Å². The van der Waals surface area contributed by atoms with Crippen LogP contribution in [0.2, 0.25) is 0 Å². The summed E-state index contributed by atoms with van der Waals surface area (Å²) in [5.74, 6) is 0.905. The van der Waals surface area contributed by atoms with Crippen molar-refractivity contribution in [1.29, 1.82) is 0 Å². The van der Waals surface area contributed by atoms with Crippen molar-refractivity contribution >= 4 is 11.9 Å². The van der Waals surface area contributed by atoms with E-state index in [9.17, 15) is 14.0 Å². The average molecular weight is 513 g/mol. The van der Waals surface area contributed by atoms with Crippen molar-refractivity contribution in [3.63, 3.8) is 0 Å². The van der Waals surface area contributed by atoms with E-state index in [2.05, 4.69) is 15.3 Å². The van der Waals surface area contributed by atoms with Crippen molar-refractivity contribution in [1.82, 2.24) is 20.2 Å². The van der Waals surface area contributed by atoms with Crippen molar-refractivity contribution < 1.29 is 23.8 Å². The number of amides is 3. The van der Waals surface area contributed by atoms with Gasteiger partial charge in [-0.15, -0.1) is 0 Å². The number of para-hydroxylation sites is 1. The Hall–Kier alpha value is -3.72. The van der Waals surface area contributed by atoms with E-state index in [1.807, 2.05) is 71.0 Å². The first-order valence-corrected chi connectivity index (χ1v) is 12.5. The third-order valence-electron chi connectivity index (χ3n) is 5.31. The molecule has 2 aromatic carbocycles. The maximum Gasteiger partial charge on any atom is 0.325 e. The predicted molar refractivity (Wildman–Crippen MR) is 142 cm³/mol. The van der Waals surface area contributed by atoms with Crippen LogP contribution in [0.5, 0.6) is 5.75 Å². The summed E-state index contributed by atoms with van der Waals surface area (Å²) >= 11 is 0. The van der Waals surface area contributed by atoms with E-state index in [4.69, 9.17) is 9.84 Å². The minimum atomic E-state index is -0.503. The van der Waals surface area contributed by atoms with E-state index in [1.54, 1.807) is 6.07 Å². The summed E-state index contributed by atoms with van der Waals surface area (Å²) in [6, 6.07) is 13.5. The van der Waals surface area contributed by atoms with Gasteiger partial charge in [0.15, 0.2) is 0 Å². The van der Waals surface area contributed by atoms with Gasteiger partial charge < -0.3 is 20.1 Å². The molecule has 3 N–H and O–H groups in total. The number of aliphatic hydroxyl groups excluding tert-OH is 1. The molecule has 1 atom stereocenters. The number of rotatable bonds is 8. The first-order chi connectivity index (χ1) is 17.8. The molecular weight excluding hydrogens is 475 g/mol. The fraction of sp³-hybridized carbons (Fsp3) is 0.393. The van der Waals surface area contributed by atoms with E-state index >= 15 is 0 Å². The number of aryl methyl sites for hydroxylation is 1. The number of nitrogens with one attached hydrogen (secondary N) is 2. The molecule has 0 spiro atoms. The van der Waals surface area contributed by atoms with Crippen LogP contribution in [0, 0.1) is 18.7 Å². The molecule has 1 fully saturated rings. The van der Waals surface area contributed by atoms with Crippen molar-refractivity contribution in [2.75, 3.05) is 19.8 Å². The average Bonchev–Trinajstić information content (AvgIpc) is 3.50. The minimum Gasteiger partial charge on any atom is -0.491 e. The van der Waals surface area contributed by atoms with Gasteiger partial charge in [0, 0.05) is 5.56 Å². The molecule has 2 heterocycles. The lowest BCUT2D eigenvalue weighted by molar-refractivity contribution is -0.127. The number of H-pyrrole nitrogens is 1. The highest BCUT2D eigenvalue weighted by atomic mass is 19.1.